The number of benzene rings is 1. The smallest absolute Gasteiger partial charge is 0.231 e. The summed E-state index contributed by atoms with van der Waals surface area (Å²) in [5, 5.41) is 7.83. The Kier molecular flexibility index (Phi) is 3.99. The van der Waals surface area contributed by atoms with E-state index in [0.29, 0.717) is 16.7 Å². The molecule has 0 spiro atoms. The summed E-state index contributed by atoms with van der Waals surface area (Å²) in [5.74, 6) is 1.37. The van der Waals surface area contributed by atoms with Crippen LogP contribution in [-0.2, 0) is 0 Å². The highest BCUT2D eigenvalue weighted by molar-refractivity contribution is 6.30. The molecule has 0 saturated carbocycles. The maximum absolute atomic E-state index is 5.94. The van der Waals surface area contributed by atoms with Crippen molar-refractivity contribution in [3.8, 4) is 11.4 Å². The second kappa shape index (κ2) is 5.50. The van der Waals surface area contributed by atoms with Gasteiger partial charge in [-0.25, -0.2) is 0 Å². The second-order valence-corrected chi connectivity index (χ2v) is 4.77. The van der Waals surface area contributed by atoms with Crippen molar-refractivity contribution in [2.45, 2.75) is 25.8 Å². The number of nitrogens with one attached hydrogen (secondary N) is 1. The van der Waals surface area contributed by atoms with Crippen LogP contribution in [0.25, 0.3) is 11.4 Å². The Hall–Kier alpha value is -1.39. The third-order valence-corrected chi connectivity index (χ3v) is 3.35. The number of hydrogen-bond donors (Lipinski definition) is 1. The van der Waals surface area contributed by atoms with Gasteiger partial charge in [-0.2, -0.15) is 4.98 Å². The maximum Gasteiger partial charge on any atom is 0.231 e. The van der Waals surface area contributed by atoms with Gasteiger partial charge >= 0.3 is 0 Å². The molecule has 0 saturated heterocycles. The van der Waals surface area contributed by atoms with Crippen LogP contribution in [0.4, 0.5) is 0 Å². The van der Waals surface area contributed by atoms with Crippen LogP contribution in [0.2, 0.25) is 5.02 Å². The van der Waals surface area contributed by atoms with Gasteiger partial charge < -0.3 is 9.84 Å². The van der Waals surface area contributed by atoms with Crippen molar-refractivity contribution in [3.63, 3.8) is 0 Å². The molecule has 1 N–H and O–H groups in total. The van der Waals surface area contributed by atoms with E-state index in [1.54, 1.807) is 0 Å². The van der Waals surface area contributed by atoms with Crippen molar-refractivity contribution >= 4 is 11.6 Å². The predicted octanol–water partition coefficient (Wildman–Crippen LogP) is 3.10. The van der Waals surface area contributed by atoms with Crippen molar-refractivity contribution in [3.05, 3.63) is 35.2 Å². The number of likely N-dealkylation sites (N-methyl/N-ethyl adjacent to an activating group) is 1. The molecule has 0 aliphatic rings. The summed E-state index contributed by atoms with van der Waals surface area (Å²) in [7, 11) is 1.91. The van der Waals surface area contributed by atoms with E-state index in [0.717, 1.165) is 5.56 Å². The third kappa shape index (κ3) is 2.71. The highest BCUT2D eigenvalue weighted by Gasteiger charge is 2.19. The van der Waals surface area contributed by atoms with Gasteiger partial charge in [0.1, 0.15) is 0 Å². The van der Waals surface area contributed by atoms with Crippen molar-refractivity contribution in [1.82, 2.24) is 15.5 Å². The van der Waals surface area contributed by atoms with Crippen molar-refractivity contribution in [1.29, 1.82) is 0 Å². The zero-order valence-electron chi connectivity index (χ0n) is 10.6. The first-order valence-electron chi connectivity index (χ1n) is 5.88. The van der Waals surface area contributed by atoms with Gasteiger partial charge in [0.05, 0.1) is 5.92 Å². The molecule has 2 atom stereocenters. The van der Waals surface area contributed by atoms with E-state index < -0.39 is 0 Å². The van der Waals surface area contributed by atoms with Gasteiger partial charge in [0.25, 0.3) is 0 Å². The first-order chi connectivity index (χ1) is 8.61. The summed E-state index contributed by atoms with van der Waals surface area (Å²) in [5.41, 5.74) is 0.863. The molecule has 2 aromatic rings. The zero-order chi connectivity index (χ0) is 13.1. The van der Waals surface area contributed by atoms with Crippen LogP contribution in [0.3, 0.4) is 0 Å². The molecular formula is C13H16ClN3O. The summed E-state index contributed by atoms with van der Waals surface area (Å²) in [4.78, 5) is 4.41. The first kappa shape index (κ1) is 13.1. The van der Waals surface area contributed by atoms with Crippen LogP contribution >= 0.6 is 11.6 Å². The molecule has 2 rings (SSSR count). The molecule has 96 valence electrons. The van der Waals surface area contributed by atoms with E-state index in [9.17, 15) is 0 Å². The standard InChI is InChI=1S/C13H16ClN3O/c1-8(9(2)15-3)13-16-12(17-18-13)10-5-4-6-11(14)7-10/h4-9,15H,1-3H3. The normalized spacial score (nSPS) is 14.4. The summed E-state index contributed by atoms with van der Waals surface area (Å²) in [6.45, 7) is 4.13. The average Bonchev–Trinajstić information content (AvgIpc) is 2.86. The maximum atomic E-state index is 5.94. The quantitative estimate of drug-likeness (QED) is 0.923. The molecule has 1 aromatic heterocycles. The lowest BCUT2D eigenvalue weighted by atomic mass is 10.0. The van der Waals surface area contributed by atoms with Crippen molar-refractivity contribution in [2.75, 3.05) is 7.05 Å². The molecule has 0 radical (unpaired) electrons. The molecule has 0 aliphatic heterocycles. The number of nitrogens with zero attached hydrogens (tertiary/aromatic N) is 2. The Balaban J connectivity index is 2.25. The molecule has 0 amide bonds. The van der Waals surface area contributed by atoms with Gasteiger partial charge in [0.15, 0.2) is 0 Å². The SMILES string of the molecule is CNC(C)C(C)c1nc(-c2cccc(Cl)c2)no1. The Morgan fingerprint density at radius 1 is 1.33 bits per heavy atom. The van der Waals surface area contributed by atoms with E-state index in [-0.39, 0.29) is 12.0 Å². The highest BCUT2D eigenvalue weighted by atomic mass is 35.5. The van der Waals surface area contributed by atoms with Gasteiger partial charge in [-0.05, 0) is 26.1 Å². The number of rotatable bonds is 4. The topological polar surface area (TPSA) is 51.0 Å². The third-order valence-electron chi connectivity index (χ3n) is 3.12. The lowest BCUT2D eigenvalue weighted by molar-refractivity contribution is 0.336. The van der Waals surface area contributed by atoms with Gasteiger partial charge in [-0.15, -0.1) is 0 Å². The summed E-state index contributed by atoms with van der Waals surface area (Å²) in [6, 6.07) is 7.69. The molecule has 1 aromatic carbocycles. The van der Waals surface area contributed by atoms with E-state index in [2.05, 4.69) is 29.3 Å². The zero-order valence-corrected chi connectivity index (χ0v) is 11.4. The monoisotopic (exact) mass is 265 g/mol. The highest BCUT2D eigenvalue weighted by Crippen LogP contribution is 2.23. The fourth-order valence-corrected chi connectivity index (χ4v) is 1.82. The lowest BCUT2D eigenvalue weighted by Gasteiger charge is -2.14. The molecule has 0 bridgehead atoms. The molecule has 0 aliphatic carbocycles. The minimum atomic E-state index is 0.162. The van der Waals surface area contributed by atoms with Gasteiger partial charge in [-0.1, -0.05) is 35.8 Å². The minimum Gasteiger partial charge on any atom is -0.339 e. The Bertz CT molecular complexity index is 526. The van der Waals surface area contributed by atoms with Crippen molar-refractivity contribution in [2.24, 2.45) is 0 Å². The first-order valence-corrected chi connectivity index (χ1v) is 6.26. The van der Waals surface area contributed by atoms with Crippen LogP contribution in [0.1, 0.15) is 25.7 Å². The summed E-state index contributed by atoms with van der Waals surface area (Å²) < 4.78 is 5.30. The van der Waals surface area contributed by atoms with Crippen LogP contribution in [0.5, 0.6) is 0 Å². The minimum absolute atomic E-state index is 0.162. The summed E-state index contributed by atoms with van der Waals surface area (Å²) >= 11 is 5.94. The van der Waals surface area contributed by atoms with Gasteiger partial charge in [0.2, 0.25) is 11.7 Å². The number of hydrogen-bond acceptors (Lipinski definition) is 4. The lowest BCUT2D eigenvalue weighted by Crippen LogP contribution is -2.27. The largest absolute Gasteiger partial charge is 0.339 e. The Morgan fingerprint density at radius 2 is 2.11 bits per heavy atom. The molecule has 18 heavy (non-hydrogen) atoms. The predicted molar refractivity (Wildman–Crippen MR) is 71.7 cm³/mol. The average molecular weight is 266 g/mol. The van der Waals surface area contributed by atoms with E-state index in [4.69, 9.17) is 16.1 Å². The number of aromatic nitrogens is 2. The van der Waals surface area contributed by atoms with Crippen LogP contribution in [0, 0.1) is 0 Å². The molecule has 5 heteroatoms. The fourth-order valence-electron chi connectivity index (χ4n) is 1.63. The van der Waals surface area contributed by atoms with E-state index >= 15 is 0 Å². The molecule has 2 unspecified atom stereocenters. The Morgan fingerprint density at radius 3 is 2.78 bits per heavy atom. The van der Waals surface area contributed by atoms with Crippen molar-refractivity contribution < 1.29 is 4.52 Å². The van der Waals surface area contributed by atoms with Crippen LogP contribution in [-0.4, -0.2) is 23.2 Å². The van der Waals surface area contributed by atoms with Gasteiger partial charge in [-0.3, -0.25) is 0 Å². The Labute approximate surface area is 111 Å². The molecule has 0 fully saturated rings. The van der Waals surface area contributed by atoms with Crippen LogP contribution in [0.15, 0.2) is 28.8 Å². The fraction of sp³-hybridized carbons (Fsp3) is 0.385. The number of halogens is 1. The van der Waals surface area contributed by atoms with Crippen LogP contribution < -0.4 is 5.32 Å². The van der Waals surface area contributed by atoms with E-state index in [1.165, 1.54) is 0 Å². The second-order valence-electron chi connectivity index (χ2n) is 4.33. The van der Waals surface area contributed by atoms with Gasteiger partial charge in [0, 0.05) is 16.6 Å². The molecule has 1 heterocycles. The summed E-state index contributed by atoms with van der Waals surface area (Å²) in [6.07, 6.45) is 0. The van der Waals surface area contributed by atoms with E-state index in [1.807, 2.05) is 31.3 Å². The molecular weight excluding hydrogens is 250 g/mol. The molecule has 4 nitrogen and oxygen atoms in total.